The van der Waals surface area contributed by atoms with Gasteiger partial charge < -0.3 is 4.57 Å². The van der Waals surface area contributed by atoms with Gasteiger partial charge in [-0.3, -0.25) is 0 Å². The predicted molar refractivity (Wildman–Crippen MR) is 56.8 cm³/mol. The minimum Gasteiger partial charge on any atom is -0.323 e. The Bertz CT molecular complexity index is 344. The van der Waals surface area contributed by atoms with Crippen molar-refractivity contribution in [1.82, 2.24) is 4.57 Å². The van der Waals surface area contributed by atoms with Crippen molar-refractivity contribution in [1.29, 1.82) is 0 Å². The molecule has 0 atom stereocenters. The molecule has 1 heterocycles. The Balaban J connectivity index is 2.54. The lowest BCUT2D eigenvalue weighted by Crippen LogP contribution is -2.07. The first-order valence-electron chi connectivity index (χ1n) is 5.06. The van der Waals surface area contributed by atoms with E-state index < -0.39 is 0 Å². The fourth-order valence-electron chi connectivity index (χ4n) is 2.38. The lowest BCUT2D eigenvalue weighted by atomic mass is 9.98. The molecule has 0 radical (unpaired) electrons. The summed E-state index contributed by atoms with van der Waals surface area (Å²) < 4.78 is 2.31. The van der Waals surface area contributed by atoms with Crippen LogP contribution in [0, 0.1) is 6.92 Å². The highest BCUT2D eigenvalue weighted by molar-refractivity contribution is 5.47. The third-order valence-electron chi connectivity index (χ3n) is 2.87. The summed E-state index contributed by atoms with van der Waals surface area (Å²) in [6.07, 6.45) is 5.18. The van der Waals surface area contributed by atoms with Gasteiger partial charge in [0.25, 0.3) is 0 Å². The van der Waals surface area contributed by atoms with Crippen molar-refractivity contribution < 1.29 is 0 Å². The van der Waals surface area contributed by atoms with Crippen LogP contribution in [0.2, 0.25) is 0 Å². The zero-order chi connectivity index (χ0) is 9.42. The summed E-state index contributed by atoms with van der Waals surface area (Å²) in [5.41, 5.74) is 5.56. The maximum atomic E-state index is 4.03. The average molecular weight is 175 g/mol. The van der Waals surface area contributed by atoms with Crippen LogP contribution in [-0.2, 0) is 12.8 Å². The molecule has 0 saturated carbocycles. The molecule has 1 nitrogen and oxygen atoms in total. The molecule has 1 aromatic heterocycles. The third-order valence-corrected chi connectivity index (χ3v) is 2.87. The number of aryl methyl sites for hydroxylation is 2. The highest BCUT2D eigenvalue weighted by Gasteiger charge is 2.15. The zero-order valence-corrected chi connectivity index (χ0v) is 8.56. The van der Waals surface area contributed by atoms with Crippen LogP contribution in [0.25, 0.3) is 5.70 Å². The predicted octanol–water partition coefficient (Wildman–Crippen LogP) is 3.17. The van der Waals surface area contributed by atoms with Crippen molar-refractivity contribution in [2.75, 3.05) is 0 Å². The maximum Gasteiger partial charge on any atom is 0.0258 e. The number of rotatable bonds is 1. The van der Waals surface area contributed by atoms with Gasteiger partial charge in [0.15, 0.2) is 0 Å². The largest absolute Gasteiger partial charge is 0.323 e. The molecule has 0 N–H and O–H groups in total. The minimum absolute atomic E-state index is 1.15. The lowest BCUT2D eigenvalue weighted by Gasteiger charge is -2.16. The number of allylic oxidation sites excluding steroid dienone is 1. The Hall–Kier alpha value is -0.980. The lowest BCUT2D eigenvalue weighted by molar-refractivity contribution is 0.663. The summed E-state index contributed by atoms with van der Waals surface area (Å²) in [6.45, 7) is 8.29. The summed E-state index contributed by atoms with van der Waals surface area (Å²) in [4.78, 5) is 0. The van der Waals surface area contributed by atoms with E-state index in [1.165, 1.54) is 37.1 Å². The molecule has 1 aliphatic rings. The molecule has 1 heteroatoms. The Labute approximate surface area is 80.1 Å². The fraction of sp³-hybridized carbons (Fsp3) is 0.500. The van der Waals surface area contributed by atoms with E-state index in [-0.39, 0.29) is 0 Å². The van der Waals surface area contributed by atoms with Crippen LogP contribution in [0.4, 0.5) is 0 Å². The van der Waals surface area contributed by atoms with Crippen LogP contribution < -0.4 is 0 Å². The minimum atomic E-state index is 1.15. The van der Waals surface area contributed by atoms with Crippen LogP contribution >= 0.6 is 0 Å². The van der Waals surface area contributed by atoms with Gasteiger partial charge in [0.1, 0.15) is 0 Å². The van der Waals surface area contributed by atoms with Crippen molar-refractivity contribution >= 4 is 5.70 Å². The summed E-state index contributed by atoms with van der Waals surface area (Å²) in [6, 6.07) is 2.32. The standard InChI is InChI=1S/C12H17N/c1-9(2)13-10(3)8-11-6-4-5-7-12(11)13/h8H,1,4-7H2,2-3H3. The van der Waals surface area contributed by atoms with E-state index in [9.17, 15) is 0 Å². The topological polar surface area (TPSA) is 4.93 Å². The van der Waals surface area contributed by atoms with Gasteiger partial charge in [-0.25, -0.2) is 0 Å². The second kappa shape index (κ2) is 3.06. The van der Waals surface area contributed by atoms with E-state index in [4.69, 9.17) is 0 Å². The molecule has 0 unspecified atom stereocenters. The van der Waals surface area contributed by atoms with Gasteiger partial charge in [0.2, 0.25) is 0 Å². The van der Waals surface area contributed by atoms with Gasteiger partial charge in [-0.15, -0.1) is 0 Å². The quantitative estimate of drug-likeness (QED) is 0.618. The molecule has 0 amide bonds. The Morgan fingerprint density at radius 3 is 2.77 bits per heavy atom. The number of nitrogens with zero attached hydrogens (tertiary/aromatic N) is 1. The van der Waals surface area contributed by atoms with Crippen LogP contribution in [0.5, 0.6) is 0 Å². The molecular formula is C12H17N. The third kappa shape index (κ3) is 1.32. The van der Waals surface area contributed by atoms with Crippen molar-refractivity contribution in [2.45, 2.75) is 39.5 Å². The van der Waals surface area contributed by atoms with Crippen LogP contribution in [0.15, 0.2) is 12.6 Å². The summed E-state index contributed by atoms with van der Waals surface area (Å²) in [5.74, 6) is 0. The van der Waals surface area contributed by atoms with Gasteiger partial charge in [-0.2, -0.15) is 0 Å². The van der Waals surface area contributed by atoms with E-state index in [1.54, 1.807) is 5.56 Å². The smallest absolute Gasteiger partial charge is 0.0258 e. The summed E-state index contributed by atoms with van der Waals surface area (Å²) in [5, 5.41) is 0. The first-order valence-corrected chi connectivity index (χ1v) is 5.06. The number of fused-ring (bicyclic) bond motifs is 1. The molecule has 0 aromatic carbocycles. The molecule has 0 spiro atoms. The molecule has 70 valence electrons. The normalized spacial score (nSPS) is 15.5. The van der Waals surface area contributed by atoms with Gasteiger partial charge in [-0.1, -0.05) is 6.58 Å². The van der Waals surface area contributed by atoms with E-state index in [0.29, 0.717) is 0 Å². The summed E-state index contributed by atoms with van der Waals surface area (Å²) >= 11 is 0. The monoisotopic (exact) mass is 175 g/mol. The zero-order valence-electron chi connectivity index (χ0n) is 8.56. The number of aromatic nitrogens is 1. The first-order chi connectivity index (χ1) is 6.20. The Morgan fingerprint density at radius 1 is 1.38 bits per heavy atom. The highest BCUT2D eigenvalue weighted by Crippen LogP contribution is 2.26. The Kier molecular flexibility index (Phi) is 2.03. The van der Waals surface area contributed by atoms with Crippen molar-refractivity contribution in [3.8, 4) is 0 Å². The van der Waals surface area contributed by atoms with Crippen LogP contribution in [-0.4, -0.2) is 4.57 Å². The molecule has 1 aliphatic carbocycles. The number of hydrogen-bond acceptors (Lipinski definition) is 0. The van der Waals surface area contributed by atoms with E-state index in [0.717, 1.165) is 5.70 Å². The summed E-state index contributed by atoms with van der Waals surface area (Å²) in [7, 11) is 0. The van der Waals surface area contributed by atoms with E-state index >= 15 is 0 Å². The molecule has 0 bridgehead atoms. The van der Waals surface area contributed by atoms with E-state index in [1.807, 2.05) is 0 Å². The SMILES string of the molecule is C=C(C)n1c(C)cc2c1CCCC2. The molecule has 0 fully saturated rings. The fourth-order valence-corrected chi connectivity index (χ4v) is 2.38. The molecule has 1 aromatic rings. The van der Waals surface area contributed by atoms with Crippen molar-refractivity contribution in [2.24, 2.45) is 0 Å². The Morgan fingerprint density at radius 2 is 2.08 bits per heavy atom. The van der Waals surface area contributed by atoms with Gasteiger partial charge >= 0.3 is 0 Å². The van der Waals surface area contributed by atoms with Gasteiger partial charge in [0, 0.05) is 17.1 Å². The van der Waals surface area contributed by atoms with Crippen molar-refractivity contribution in [3.63, 3.8) is 0 Å². The van der Waals surface area contributed by atoms with Crippen LogP contribution in [0.1, 0.15) is 36.7 Å². The second-order valence-electron chi connectivity index (χ2n) is 4.04. The first kappa shape index (κ1) is 8.61. The van der Waals surface area contributed by atoms with Crippen molar-refractivity contribution in [3.05, 3.63) is 29.6 Å². The molecule has 0 saturated heterocycles. The molecule has 2 rings (SSSR count). The second-order valence-corrected chi connectivity index (χ2v) is 4.04. The number of hydrogen-bond donors (Lipinski definition) is 0. The molecule has 13 heavy (non-hydrogen) atoms. The van der Waals surface area contributed by atoms with Crippen LogP contribution in [0.3, 0.4) is 0 Å². The van der Waals surface area contributed by atoms with E-state index in [2.05, 4.69) is 31.1 Å². The average Bonchev–Trinajstić information content (AvgIpc) is 2.39. The molecule has 0 aliphatic heterocycles. The van der Waals surface area contributed by atoms with Gasteiger partial charge in [-0.05, 0) is 51.2 Å². The maximum absolute atomic E-state index is 4.03. The molecular weight excluding hydrogens is 158 g/mol. The van der Waals surface area contributed by atoms with Gasteiger partial charge in [0.05, 0.1) is 0 Å². The highest BCUT2D eigenvalue weighted by atomic mass is 15.0.